The largest absolute Gasteiger partial charge is 0.416 e. The van der Waals surface area contributed by atoms with Crippen molar-refractivity contribution in [2.24, 2.45) is 0 Å². The Hall–Kier alpha value is -9.78. The van der Waals surface area contributed by atoms with Crippen LogP contribution in [0.5, 0.6) is 0 Å². The van der Waals surface area contributed by atoms with Gasteiger partial charge in [0, 0.05) is 52.2 Å². The van der Waals surface area contributed by atoms with Crippen LogP contribution in [0.15, 0.2) is 255 Å². The molecule has 84 heavy (non-hydrogen) atoms. The SMILES string of the molecule is Cc1ccc(N(C)c2ccc3c(-c4ccc5c(c4)C(C)(C)c4ccccc4-5)c4cc(N(c5ccc(C(F)(F)F)cc5)c5ccc6ccccc6c5)ncc4c(-c4ccc5c(c4)C(C)(C)c4ccccc4-5)c3c2)cc1.c1ccc2ccccc2c1. The molecule has 1 aromatic heterocycles. The van der Waals surface area contributed by atoms with Crippen LogP contribution in [0.4, 0.5) is 41.7 Å². The van der Waals surface area contributed by atoms with Gasteiger partial charge in [0.2, 0.25) is 0 Å². The van der Waals surface area contributed by atoms with Gasteiger partial charge in [-0.05, 0) is 190 Å². The first-order valence-corrected chi connectivity index (χ1v) is 28.7. The Morgan fingerprint density at radius 1 is 0.369 bits per heavy atom. The molecule has 408 valence electrons. The fraction of sp³-hybridized carbons (Fsp3) is 0.115. The van der Waals surface area contributed by atoms with E-state index in [1.807, 2.05) is 29.3 Å². The van der Waals surface area contributed by atoms with E-state index in [0.29, 0.717) is 11.5 Å². The molecule has 13 aromatic rings. The highest BCUT2D eigenvalue weighted by atomic mass is 19.4. The molecule has 0 bridgehead atoms. The van der Waals surface area contributed by atoms with Crippen molar-refractivity contribution in [3.63, 3.8) is 0 Å². The molecule has 0 aliphatic heterocycles. The number of fused-ring (bicyclic) bond motifs is 10. The number of hydrogen-bond acceptors (Lipinski definition) is 3. The Balaban J connectivity index is 0.000000566. The van der Waals surface area contributed by atoms with E-state index < -0.39 is 11.7 Å². The Morgan fingerprint density at radius 2 is 0.821 bits per heavy atom. The molecule has 0 unspecified atom stereocenters. The van der Waals surface area contributed by atoms with Gasteiger partial charge < -0.3 is 4.90 Å². The molecule has 2 aliphatic carbocycles. The number of halogens is 3. The molecular weight excluding hydrogens is 1040 g/mol. The first-order valence-electron chi connectivity index (χ1n) is 28.7. The van der Waals surface area contributed by atoms with Crippen molar-refractivity contribution in [1.29, 1.82) is 0 Å². The second-order valence-electron chi connectivity index (χ2n) is 23.6. The topological polar surface area (TPSA) is 19.4 Å². The molecule has 0 spiro atoms. The predicted molar refractivity (Wildman–Crippen MR) is 346 cm³/mol. The lowest BCUT2D eigenvalue weighted by Crippen LogP contribution is -2.15. The monoisotopic (exact) mass is 1100 g/mol. The van der Waals surface area contributed by atoms with E-state index in [-0.39, 0.29) is 10.8 Å². The van der Waals surface area contributed by atoms with Gasteiger partial charge in [-0.15, -0.1) is 0 Å². The van der Waals surface area contributed by atoms with E-state index >= 15 is 0 Å². The number of aromatic nitrogens is 1. The maximum absolute atomic E-state index is 14.2. The minimum atomic E-state index is -4.49. The molecule has 0 amide bonds. The lowest BCUT2D eigenvalue weighted by atomic mass is 9.79. The molecule has 2 aliphatic rings. The van der Waals surface area contributed by atoms with Crippen LogP contribution in [-0.2, 0) is 17.0 Å². The molecule has 0 fully saturated rings. The quantitative estimate of drug-likeness (QED) is 0.148. The minimum absolute atomic E-state index is 0.244. The van der Waals surface area contributed by atoms with Gasteiger partial charge in [-0.1, -0.05) is 203 Å². The molecule has 15 rings (SSSR count). The summed E-state index contributed by atoms with van der Waals surface area (Å²) < 4.78 is 42.5. The summed E-state index contributed by atoms with van der Waals surface area (Å²) in [6.45, 7) is 11.4. The van der Waals surface area contributed by atoms with Gasteiger partial charge in [-0.2, -0.15) is 13.2 Å². The minimum Gasteiger partial charge on any atom is -0.345 e. The predicted octanol–water partition coefficient (Wildman–Crippen LogP) is 21.9. The Bertz CT molecular complexity index is 4680. The van der Waals surface area contributed by atoms with E-state index in [4.69, 9.17) is 4.98 Å². The standard InChI is InChI=1S/C68H52F3N3.C10H8/c1-41-19-26-47(27-20-41)73(6)49-31-34-55-56(38-49)65(45-23-33-54-52-16-10-12-18-60(52)67(4,5)62(54)37-45)58-40-72-63(39-57(58)64(55)44-22-32-53-51-15-9-11-17-59(51)66(2,3)61(53)36-44)74(48-29-24-46(25-30-48)68(69,70)71)50-28-21-42-13-7-8-14-43(42)35-50;1-2-6-10-8-4-3-7-9(10)5-1/h7-40H,1-6H3;1-8H. The number of nitrogens with zero attached hydrogens (tertiary/aromatic N) is 3. The molecule has 3 nitrogen and oxygen atoms in total. The number of alkyl halides is 3. The lowest BCUT2D eigenvalue weighted by Gasteiger charge is -2.27. The average Bonchev–Trinajstić information content (AvgIpc) is 2.46. The maximum Gasteiger partial charge on any atom is 0.416 e. The van der Waals surface area contributed by atoms with E-state index in [0.717, 1.165) is 83.8 Å². The third-order valence-electron chi connectivity index (χ3n) is 17.9. The van der Waals surface area contributed by atoms with Gasteiger partial charge >= 0.3 is 6.18 Å². The normalized spacial score (nSPS) is 13.5. The lowest BCUT2D eigenvalue weighted by molar-refractivity contribution is -0.137. The molecule has 0 saturated carbocycles. The summed E-state index contributed by atoms with van der Waals surface area (Å²) in [6, 6.07) is 85.4. The highest BCUT2D eigenvalue weighted by molar-refractivity contribution is 6.22. The van der Waals surface area contributed by atoms with Gasteiger partial charge in [-0.25, -0.2) is 4.98 Å². The molecule has 0 saturated heterocycles. The highest BCUT2D eigenvalue weighted by Gasteiger charge is 2.38. The molecular formula is C78H60F3N3. The number of pyridine rings is 1. The van der Waals surface area contributed by atoms with Crippen molar-refractivity contribution in [3.8, 4) is 44.5 Å². The maximum atomic E-state index is 14.2. The highest BCUT2D eigenvalue weighted by Crippen LogP contribution is 2.54. The first-order chi connectivity index (χ1) is 40.6. The Morgan fingerprint density at radius 3 is 1.38 bits per heavy atom. The third-order valence-corrected chi connectivity index (χ3v) is 17.9. The smallest absolute Gasteiger partial charge is 0.345 e. The van der Waals surface area contributed by atoms with Crippen molar-refractivity contribution in [2.75, 3.05) is 16.8 Å². The van der Waals surface area contributed by atoms with Crippen LogP contribution in [0.2, 0.25) is 0 Å². The van der Waals surface area contributed by atoms with Crippen LogP contribution in [0, 0.1) is 6.92 Å². The van der Waals surface area contributed by atoms with Gasteiger partial charge in [0.25, 0.3) is 0 Å². The number of anilines is 5. The summed E-state index contributed by atoms with van der Waals surface area (Å²) in [4.78, 5) is 9.62. The second-order valence-corrected chi connectivity index (χ2v) is 23.6. The number of benzene rings is 12. The van der Waals surface area contributed by atoms with Crippen molar-refractivity contribution < 1.29 is 13.2 Å². The zero-order valence-electron chi connectivity index (χ0n) is 47.7. The zero-order valence-corrected chi connectivity index (χ0v) is 47.7. The zero-order chi connectivity index (χ0) is 57.6. The van der Waals surface area contributed by atoms with E-state index in [9.17, 15) is 13.2 Å². The Kier molecular flexibility index (Phi) is 12.4. The molecule has 0 atom stereocenters. The summed E-state index contributed by atoms with van der Waals surface area (Å²) in [6.07, 6.45) is -2.49. The first kappa shape index (κ1) is 52.3. The van der Waals surface area contributed by atoms with Crippen LogP contribution in [0.1, 0.15) is 61.1 Å². The van der Waals surface area contributed by atoms with E-state index in [1.165, 1.54) is 60.8 Å². The van der Waals surface area contributed by atoms with Gasteiger partial charge in [0.05, 0.1) is 5.56 Å². The van der Waals surface area contributed by atoms with Crippen LogP contribution in [0.3, 0.4) is 0 Å². The summed E-state index contributed by atoms with van der Waals surface area (Å²) in [5.74, 6) is 0.578. The molecule has 0 N–H and O–H groups in total. The van der Waals surface area contributed by atoms with Crippen molar-refractivity contribution in [2.45, 2.75) is 51.6 Å². The van der Waals surface area contributed by atoms with Gasteiger partial charge in [0.1, 0.15) is 5.82 Å². The summed E-state index contributed by atoms with van der Waals surface area (Å²) >= 11 is 0. The van der Waals surface area contributed by atoms with Crippen LogP contribution in [0.25, 0.3) is 87.6 Å². The van der Waals surface area contributed by atoms with Crippen molar-refractivity contribution >= 4 is 71.7 Å². The number of rotatable bonds is 7. The molecule has 0 radical (unpaired) electrons. The van der Waals surface area contributed by atoms with Crippen LogP contribution < -0.4 is 9.80 Å². The second kappa shape index (κ2) is 20.0. The molecule has 6 heteroatoms. The fourth-order valence-corrected chi connectivity index (χ4v) is 13.3. The third kappa shape index (κ3) is 8.78. The van der Waals surface area contributed by atoms with E-state index in [2.05, 4.69) is 253 Å². The van der Waals surface area contributed by atoms with Crippen LogP contribution in [-0.4, -0.2) is 12.0 Å². The van der Waals surface area contributed by atoms with Crippen molar-refractivity contribution in [1.82, 2.24) is 4.98 Å². The summed E-state index contributed by atoms with van der Waals surface area (Å²) in [7, 11) is 2.12. The molecule has 12 aromatic carbocycles. The van der Waals surface area contributed by atoms with Gasteiger partial charge in [-0.3, -0.25) is 4.90 Å². The number of hydrogen-bond donors (Lipinski definition) is 0. The Labute approximate surface area is 488 Å². The molecule has 1 heterocycles. The summed E-state index contributed by atoms with van der Waals surface area (Å²) in [5, 5.41) is 8.79. The number of aryl methyl sites for hydroxylation is 1. The van der Waals surface area contributed by atoms with Crippen LogP contribution >= 0.6 is 0 Å². The van der Waals surface area contributed by atoms with Gasteiger partial charge in [0.15, 0.2) is 0 Å². The summed E-state index contributed by atoms with van der Waals surface area (Å²) in [5.41, 5.74) is 17.8. The van der Waals surface area contributed by atoms with E-state index in [1.54, 1.807) is 12.1 Å². The van der Waals surface area contributed by atoms with Crippen molar-refractivity contribution in [3.05, 3.63) is 288 Å². The average molecular weight is 1100 g/mol. The fourth-order valence-electron chi connectivity index (χ4n) is 13.3.